The molecule has 0 radical (unpaired) electrons. The van der Waals surface area contributed by atoms with E-state index in [0.717, 1.165) is 23.5 Å². The lowest BCUT2D eigenvalue weighted by atomic mass is 10.2. The number of likely N-dealkylation sites (N-methyl/N-ethyl adjacent to an activating group) is 1. The Morgan fingerprint density at radius 1 is 1.07 bits per heavy atom. The van der Waals surface area contributed by atoms with E-state index in [1.165, 1.54) is 5.56 Å². The first-order valence-corrected chi connectivity index (χ1v) is 9.20. The largest absolute Gasteiger partial charge is 0.355 e. The molecule has 0 bridgehead atoms. The van der Waals surface area contributed by atoms with Gasteiger partial charge in [-0.15, -0.1) is 0 Å². The minimum absolute atomic E-state index is 0.0771. The molecule has 1 aromatic carbocycles. The summed E-state index contributed by atoms with van der Waals surface area (Å²) in [6, 6.07) is 8.07. The molecule has 2 amide bonds. The highest BCUT2D eigenvalue weighted by Gasteiger charge is 2.17. The van der Waals surface area contributed by atoms with Crippen LogP contribution in [0.5, 0.6) is 0 Å². The molecule has 0 aliphatic rings. The van der Waals surface area contributed by atoms with E-state index in [-0.39, 0.29) is 24.9 Å². The van der Waals surface area contributed by atoms with E-state index >= 15 is 0 Å². The van der Waals surface area contributed by atoms with Crippen LogP contribution in [0.25, 0.3) is 5.69 Å². The summed E-state index contributed by atoms with van der Waals surface area (Å²) >= 11 is 0. The number of carbonyl (C=O) groups excluding carboxylic acids is 2. The number of nitrogens with one attached hydrogen (secondary N) is 2. The van der Waals surface area contributed by atoms with Crippen molar-refractivity contribution in [1.82, 2.24) is 20.0 Å². The summed E-state index contributed by atoms with van der Waals surface area (Å²) < 4.78 is 1.83. The molecule has 0 aliphatic carbocycles. The van der Waals surface area contributed by atoms with Gasteiger partial charge in [0, 0.05) is 6.54 Å². The number of carbonyl (C=O) groups is 2. The second-order valence-corrected chi connectivity index (χ2v) is 6.86. The van der Waals surface area contributed by atoms with Crippen LogP contribution in [0.1, 0.15) is 30.3 Å². The predicted molar refractivity (Wildman–Crippen MR) is 107 cm³/mol. The van der Waals surface area contributed by atoms with E-state index in [2.05, 4.69) is 15.7 Å². The fourth-order valence-electron chi connectivity index (χ4n) is 2.81. The van der Waals surface area contributed by atoms with Gasteiger partial charge in [0.25, 0.3) is 0 Å². The van der Waals surface area contributed by atoms with Crippen LogP contribution in [0.2, 0.25) is 0 Å². The Balaban J connectivity index is 2.01. The molecule has 2 aromatic rings. The number of amides is 2. The molecule has 1 heterocycles. The van der Waals surface area contributed by atoms with Crippen molar-refractivity contribution in [2.24, 2.45) is 0 Å². The van der Waals surface area contributed by atoms with Crippen LogP contribution in [-0.4, -0.2) is 53.2 Å². The average molecular weight is 371 g/mol. The molecule has 7 heteroatoms. The van der Waals surface area contributed by atoms with Gasteiger partial charge in [-0.1, -0.05) is 24.6 Å². The number of hydrogen-bond donors (Lipinski definition) is 2. The smallest absolute Gasteiger partial charge is 0.238 e. The first kappa shape index (κ1) is 20.6. The first-order chi connectivity index (χ1) is 12.8. The first-order valence-electron chi connectivity index (χ1n) is 9.20. The lowest BCUT2D eigenvalue weighted by Gasteiger charge is -2.16. The molecule has 2 N–H and O–H groups in total. The number of aromatic nitrogens is 2. The third kappa shape index (κ3) is 5.65. The molecule has 0 saturated heterocycles. The van der Waals surface area contributed by atoms with Gasteiger partial charge in [0.15, 0.2) is 0 Å². The topological polar surface area (TPSA) is 79.3 Å². The van der Waals surface area contributed by atoms with Gasteiger partial charge < -0.3 is 10.6 Å². The zero-order chi connectivity index (χ0) is 20.0. The highest BCUT2D eigenvalue weighted by atomic mass is 16.2. The van der Waals surface area contributed by atoms with Gasteiger partial charge in [-0.05, 0) is 46.4 Å². The number of hydrogen-bond acceptors (Lipinski definition) is 4. The van der Waals surface area contributed by atoms with Gasteiger partial charge >= 0.3 is 0 Å². The number of benzene rings is 1. The van der Waals surface area contributed by atoms with Crippen molar-refractivity contribution in [2.75, 3.05) is 32.0 Å². The average Bonchev–Trinajstić information content (AvgIpc) is 2.88. The molecular weight excluding hydrogens is 342 g/mol. The fraction of sp³-hybridized carbons (Fsp3) is 0.450. The van der Waals surface area contributed by atoms with E-state index in [1.807, 2.05) is 56.6 Å². The van der Waals surface area contributed by atoms with E-state index in [1.54, 1.807) is 11.9 Å². The Hall–Kier alpha value is -2.67. The summed E-state index contributed by atoms with van der Waals surface area (Å²) in [5.74, 6) is -0.248. The van der Waals surface area contributed by atoms with Gasteiger partial charge in [-0.25, -0.2) is 4.68 Å². The Kier molecular flexibility index (Phi) is 7.12. The minimum atomic E-state index is -0.171. The van der Waals surface area contributed by atoms with Crippen molar-refractivity contribution >= 4 is 17.5 Å². The lowest BCUT2D eigenvalue weighted by Crippen LogP contribution is -2.39. The summed E-state index contributed by atoms with van der Waals surface area (Å²) in [4.78, 5) is 25.8. The Morgan fingerprint density at radius 2 is 1.70 bits per heavy atom. The highest BCUT2D eigenvalue weighted by Crippen LogP contribution is 2.23. The van der Waals surface area contributed by atoms with Crippen molar-refractivity contribution in [1.29, 1.82) is 0 Å². The standard InChI is InChI=1S/C20H29N5O2/c1-6-11-21-18(26)12-24(5)13-19(27)22-20-15(3)23-25(16(20)4)17-9-7-14(2)8-10-17/h7-10H,6,11-13H2,1-5H3,(H,21,26)(H,22,27). The molecule has 0 saturated carbocycles. The number of anilines is 1. The fourth-order valence-corrected chi connectivity index (χ4v) is 2.81. The molecule has 0 aliphatic heterocycles. The SMILES string of the molecule is CCCNC(=O)CN(C)CC(=O)Nc1c(C)nn(-c2ccc(C)cc2)c1C. The normalized spacial score (nSPS) is 10.9. The second-order valence-electron chi connectivity index (χ2n) is 6.86. The molecule has 27 heavy (non-hydrogen) atoms. The van der Waals surface area contributed by atoms with Crippen molar-refractivity contribution in [3.8, 4) is 5.69 Å². The van der Waals surface area contributed by atoms with Gasteiger partial charge in [0.1, 0.15) is 0 Å². The van der Waals surface area contributed by atoms with Crippen LogP contribution < -0.4 is 10.6 Å². The van der Waals surface area contributed by atoms with Crippen LogP contribution in [0.15, 0.2) is 24.3 Å². The predicted octanol–water partition coefficient (Wildman–Crippen LogP) is 2.19. The molecule has 0 atom stereocenters. The maximum atomic E-state index is 12.4. The summed E-state index contributed by atoms with van der Waals surface area (Å²) in [5.41, 5.74) is 4.47. The van der Waals surface area contributed by atoms with Crippen LogP contribution >= 0.6 is 0 Å². The zero-order valence-electron chi connectivity index (χ0n) is 16.8. The summed E-state index contributed by atoms with van der Waals surface area (Å²) in [5, 5.41) is 10.3. The van der Waals surface area contributed by atoms with Crippen molar-refractivity contribution in [3.63, 3.8) is 0 Å². The Bertz CT molecular complexity index is 795. The van der Waals surface area contributed by atoms with Crippen molar-refractivity contribution in [3.05, 3.63) is 41.2 Å². The van der Waals surface area contributed by atoms with Gasteiger partial charge in [0.2, 0.25) is 11.8 Å². The Labute approximate surface area is 160 Å². The third-order valence-corrected chi connectivity index (χ3v) is 4.23. The quantitative estimate of drug-likeness (QED) is 0.746. The molecule has 7 nitrogen and oxygen atoms in total. The summed E-state index contributed by atoms with van der Waals surface area (Å²) in [7, 11) is 1.75. The lowest BCUT2D eigenvalue weighted by molar-refractivity contribution is -0.122. The molecule has 0 fully saturated rings. The number of nitrogens with zero attached hydrogens (tertiary/aromatic N) is 3. The molecule has 0 unspecified atom stereocenters. The summed E-state index contributed by atoms with van der Waals surface area (Å²) in [6.07, 6.45) is 0.888. The molecular formula is C20H29N5O2. The molecule has 2 rings (SSSR count). The van der Waals surface area contributed by atoms with E-state index in [9.17, 15) is 9.59 Å². The van der Waals surface area contributed by atoms with Gasteiger partial charge in [0.05, 0.1) is 35.9 Å². The van der Waals surface area contributed by atoms with Crippen molar-refractivity contribution < 1.29 is 9.59 Å². The van der Waals surface area contributed by atoms with Crippen molar-refractivity contribution in [2.45, 2.75) is 34.1 Å². The maximum absolute atomic E-state index is 12.4. The maximum Gasteiger partial charge on any atom is 0.238 e. The van der Waals surface area contributed by atoms with E-state index in [4.69, 9.17) is 0 Å². The van der Waals surface area contributed by atoms with Gasteiger partial charge in [-0.3, -0.25) is 14.5 Å². The number of aryl methyl sites for hydroxylation is 2. The molecule has 146 valence electrons. The minimum Gasteiger partial charge on any atom is -0.355 e. The molecule has 0 spiro atoms. The molecule has 1 aromatic heterocycles. The Morgan fingerprint density at radius 3 is 2.33 bits per heavy atom. The summed E-state index contributed by atoms with van der Waals surface area (Å²) in [6.45, 7) is 8.80. The van der Waals surface area contributed by atoms with Crippen LogP contribution in [0.3, 0.4) is 0 Å². The van der Waals surface area contributed by atoms with E-state index < -0.39 is 0 Å². The third-order valence-electron chi connectivity index (χ3n) is 4.23. The zero-order valence-corrected chi connectivity index (χ0v) is 16.8. The van der Waals surface area contributed by atoms with Crippen LogP contribution in [0.4, 0.5) is 5.69 Å². The van der Waals surface area contributed by atoms with Crippen LogP contribution in [0, 0.1) is 20.8 Å². The monoisotopic (exact) mass is 371 g/mol. The van der Waals surface area contributed by atoms with Gasteiger partial charge in [-0.2, -0.15) is 5.10 Å². The highest BCUT2D eigenvalue weighted by molar-refractivity contribution is 5.93. The number of rotatable bonds is 8. The second kappa shape index (κ2) is 9.32. The van der Waals surface area contributed by atoms with Crippen LogP contribution in [-0.2, 0) is 9.59 Å². The van der Waals surface area contributed by atoms with E-state index in [0.29, 0.717) is 12.2 Å².